The molecule has 0 aliphatic carbocycles. The molecule has 0 aliphatic rings. The molecule has 5 heteroatoms. The molecule has 2 aromatic rings. The summed E-state index contributed by atoms with van der Waals surface area (Å²) in [6.45, 7) is 0.458. The number of hydrogen-bond donors (Lipinski definition) is 1. The zero-order chi connectivity index (χ0) is 13.1. The van der Waals surface area contributed by atoms with Gasteiger partial charge in [0, 0.05) is 32.5 Å². The molecule has 0 radical (unpaired) electrons. The highest BCUT2D eigenvalue weighted by atomic mass is 16.2. The molecule has 0 bridgehead atoms. The topological polar surface area (TPSA) is 64.2 Å². The zero-order valence-corrected chi connectivity index (χ0v) is 10.5. The first-order valence-corrected chi connectivity index (χ1v) is 5.68. The van der Waals surface area contributed by atoms with Gasteiger partial charge in [-0.15, -0.1) is 0 Å². The quantitative estimate of drug-likeness (QED) is 0.881. The van der Waals surface area contributed by atoms with Gasteiger partial charge in [0.15, 0.2) is 5.69 Å². The Morgan fingerprint density at radius 3 is 2.83 bits per heavy atom. The van der Waals surface area contributed by atoms with Gasteiger partial charge in [-0.05, 0) is 23.8 Å². The molecule has 2 N–H and O–H groups in total. The number of hydrogen-bond acceptors (Lipinski definition) is 3. The van der Waals surface area contributed by atoms with Crippen LogP contribution in [0.1, 0.15) is 16.1 Å². The van der Waals surface area contributed by atoms with Gasteiger partial charge in [0.2, 0.25) is 0 Å². The fraction of sp³-hybridized carbons (Fsp3) is 0.231. The van der Waals surface area contributed by atoms with Crippen molar-refractivity contribution in [3.63, 3.8) is 0 Å². The Hall–Kier alpha value is -2.14. The minimum atomic E-state index is -0.134. The van der Waals surface area contributed by atoms with E-state index in [1.165, 1.54) is 0 Å². The van der Waals surface area contributed by atoms with Crippen molar-refractivity contribution < 1.29 is 4.79 Å². The van der Waals surface area contributed by atoms with Crippen LogP contribution in [0.25, 0.3) is 0 Å². The SMILES string of the molecule is CN(C(=O)c1ccn(C)n1)c1cccc(CN)c1. The Morgan fingerprint density at radius 2 is 2.22 bits per heavy atom. The highest BCUT2D eigenvalue weighted by molar-refractivity contribution is 6.04. The molecule has 1 heterocycles. The Bertz CT molecular complexity index is 562. The number of nitrogens with zero attached hydrogens (tertiary/aromatic N) is 3. The summed E-state index contributed by atoms with van der Waals surface area (Å²) in [5.41, 5.74) is 7.83. The van der Waals surface area contributed by atoms with E-state index in [0.29, 0.717) is 12.2 Å². The van der Waals surface area contributed by atoms with E-state index in [4.69, 9.17) is 5.73 Å². The van der Waals surface area contributed by atoms with Crippen LogP contribution in [-0.4, -0.2) is 22.7 Å². The van der Waals surface area contributed by atoms with Crippen LogP contribution in [-0.2, 0) is 13.6 Å². The van der Waals surface area contributed by atoms with Gasteiger partial charge >= 0.3 is 0 Å². The van der Waals surface area contributed by atoms with Crippen molar-refractivity contribution in [2.24, 2.45) is 12.8 Å². The van der Waals surface area contributed by atoms with Crippen LogP contribution in [0.3, 0.4) is 0 Å². The molecule has 0 aliphatic heterocycles. The van der Waals surface area contributed by atoms with Crippen LogP contribution in [0, 0.1) is 0 Å². The minimum absolute atomic E-state index is 0.134. The molecule has 0 fully saturated rings. The Kier molecular flexibility index (Phi) is 3.43. The average Bonchev–Trinajstić information content (AvgIpc) is 2.83. The third kappa shape index (κ3) is 2.41. The summed E-state index contributed by atoms with van der Waals surface area (Å²) in [5.74, 6) is -0.134. The summed E-state index contributed by atoms with van der Waals surface area (Å²) in [6, 6.07) is 9.30. The molecular weight excluding hydrogens is 228 g/mol. The Morgan fingerprint density at radius 1 is 1.44 bits per heavy atom. The first kappa shape index (κ1) is 12.3. The second-order valence-corrected chi connectivity index (χ2v) is 4.11. The fourth-order valence-electron chi connectivity index (χ4n) is 1.71. The summed E-state index contributed by atoms with van der Waals surface area (Å²) in [7, 11) is 3.51. The van der Waals surface area contributed by atoms with Crippen LogP contribution >= 0.6 is 0 Å². The molecule has 1 aromatic carbocycles. The molecule has 0 atom stereocenters. The van der Waals surface area contributed by atoms with Crippen molar-refractivity contribution in [1.29, 1.82) is 0 Å². The third-order valence-electron chi connectivity index (χ3n) is 2.77. The standard InChI is InChI=1S/C13H16N4O/c1-16-7-6-12(15-16)13(18)17(2)11-5-3-4-10(8-11)9-14/h3-8H,9,14H2,1-2H3. The van der Waals surface area contributed by atoms with E-state index in [9.17, 15) is 4.79 Å². The molecule has 1 aromatic heterocycles. The van der Waals surface area contributed by atoms with Gasteiger partial charge in [0.1, 0.15) is 0 Å². The van der Waals surface area contributed by atoms with Crippen LogP contribution < -0.4 is 10.6 Å². The third-order valence-corrected chi connectivity index (χ3v) is 2.77. The van der Waals surface area contributed by atoms with E-state index < -0.39 is 0 Å². The van der Waals surface area contributed by atoms with Gasteiger partial charge in [-0.2, -0.15) is 5.10 Å². The number of carbonyl (C=O) groups is 1. The van der Waals surface area contributed by atoms with Crippen molar-refractivity contribution in [1.82, 2.24) is 9.78 Å². The number of amides is 1. The largest absolute Gasteiger partial charge is 0.326 e. The van der Waals surface area contributed by atoms with Crippen molar-refractivity contribution in [2.45, 2.75) is 6.54 Å². The molecular formula is C13H16N4O. The normalized spacial score (nSPS) is 10.4. The maximum absolute atomic E-state index is 12.2. The molecule has 5 nitrogen and oxygen atoms in total. The molecule has 0 spiro atoms. The minimum Gasteiger partial charge on any atom is -0.326 e. The second kappa shape index (κ2) is 5.01. The van der Waals surface area contributed by atoms with Crippen molar-refractivity contribution in [3.05, 3.63) is 47.8 Å². The predicted molar refractivity (Wildman–Crippen MR) is 70.3 cm³/mol. The summed E-state index contributed by atoms with van der Waals surface area (Å²) in [4.78, 5) is 13.7. The van der Waals surface area contributed by atoms with E-state index >= 15 is 0 Å². The predicted octanol–water partition coefficient (Wildman–Crippen LogP) is 1.16. The summed E-state index contributed by atoms with van der Waals surface area (Å²) < 4.78 is 1.61. The second-order valence-electron chi connectivity index (χ2n) is 4.11. The first-order chi connectivity index (χ1) is 8.61. The summed E-state index contributed by atoms with van der Waals surface area (Å²) >= 11 is 0. The van der Waals surface area contributed by atoms with Gasteiger partial charge < -0.3 is 10.6 Å². The van der Waals surface area contributed by atoms with Gasteiger partial charge in [-0.1, -0.05) is 12.1 Å². The lowest BCUT2D eigenvalue weighted by atomic mass is 10.2. The lowest BCUT2D eigenvalue weighted by molar-refractivity contribution is 0.0987. The van der Waals surface area contributed by atoms with Gasteiger partial charge in [-0.3, -0.25) is 9.48 Å². The van der Waals surface area contributed by atoms with Crippen LogP contribution in [0.2, 0.25) is 0 Å². The number of carbonyl (C=O) groups excluding carboxylic acids is 1. The first-order valence-electron chi connectivity index (χ1n) is 5.68. The maximum Gasteiger partial charge on any atom is 0.278 e. The highest BCUT2D eigenvalue weighted by Gasteiger charge is 2.15. The van der Waals surface area contributed by atoms with E-state index in [1.54, 1.807) is 35.9 Å². The zero-order valence-electron chi connectivity index (χ0n) is 10.5. The van der Waals surface area contributed by atoms with Crippen molar-refractivity contribution in [3.8, 4) is 0 Å². The fourth-order valence-corrected chi connectivity index (χ4v) is 1.71. The number of aromatic nitrogens is 2. The molecule has 94 valence electrons. The molecule has 2 rings (SSSR count). The highest BCUT2D eigenvalue weighted by Crippen LogP contribution is 2.16. The number of anilines is 1. The number of benzene rings is 1. The van der Waals surface area contributed by atoms with E-state index in [0.717, 1.165) is 11.3 Å². The Labute approximate surface area is 106 Å². The monoisotopic (exact) mass is 244 g/mol. The number of nitrogens with two attached hydrogens (primary N) is 1. The van der Waals surface area contributed by atoms with Crippen molar-refractivity contribution >= 4 is 11.6 Å². The van der Waals surface area contributed by atoms with Gasteiger partial charge in [0.05, 0.1) is 0 Å². The number of rotatable bonds is 3. The lowest BCUT2D eigenvalue weighted by Gasteiger charge is -2.16. The lowest BCUT2D eigenvalue weighted by Crippen LogP contribution is -2.26. The molecule has 18 heavy (non-hydrogen) atoms. The van der Waals surface area contributed by atoms with Crippen molar-refractivity contribution in [2.75, 3.05) is 11.9 Å². The molecule has 0 unspecified atom stereocenters. The average molecular weight is 244 g/mol. The van der Waals surface area contributed by atoms with Crippen LogP contribution in [0.15, 0.2) is 36.5 Å². The molecule has 1 amide bonds. The van der Waals surface area contributed by atoms with Crippen LogP contribution in [0.4, 0.5) is 5.69 Å². The number of aryl methyl sites for hydroxylation is 1. The van der Waals surface area contributed by atoms with E-state index in [1.807, 2.05) is 24.3 Å². The van der Waals surface area contributed by atoms with Gasteiger partial charge in [-0.25, -0.2) is 0 Å². The summed E-state index contributed by atoms with van der Waals surface area (Å²) in [5, 5.41) is 4.10. The summed E-state index contributed by atoms with van der Waals surface area (Å²) in [6.07, 6.45) is 1.75. The van der Waals surface area contributed by atoms with Gasteiger partial charge in [0.25, 0.3) is 5.91 Å². The van der Waals surface area contributed by atoms with E-state index in [-0.39, 0.29) is 5.91 Å². The molecule has 0 saturated heterocycles. The molecule has 0 saturated carbocycles. The van der Waals surface area contributed by atoms with Crippen LogP contribution in [0.5, 0.6) is 0 Å². The maximum atomic E-state index is 12.2. The Balaban J connectivity index is 2.25. The smallest absolute Gasteiger partial charge is 0.278 e. The van der Waals surface area contributed by atoms with E-state index in [2.05, 4.69) is 5.10 Å².